The zero-order chi connectivity index (χ0) is 24.5. The van der Waals surface area contributed by atoms with E-state index < -0.39 is 35.9 Å². The maximum absolute atomic E-state index is 13.0. The lowest BCUT2D eigenvalue weighted by atomic mass is 9.98. The van der Waals surface area contributed by atoms with Gasteiger partial charge in [0.25, 0.3) is 0 Å². The van der Waals surface area contributed by atoms with Crippen molar-refractivity contribution in [2.75, 3.05) is 0 Å². The van der Waals surface area contributed by atoms with E-state index >= 15 is 0 Å². The molecule has 0 aliphatic heterocycles. The SMILES string of the molecule is CCC(C)C(NC(=O)C(Cc1ccc(O)cc1)NC(=O)C(N)Cc1ccc(O)cc1)C(=O)O. The lowest BCUT2D eigenvalue weighted by Gasteiger charge is -2.25. The maximum atomic E-state index is 13.0. The third kappa shape index (κ3) is 7.80. The molecule has 4 atom stereocenters. The zero-order valence-corrected chi connectivity index (χ0v) is 18.7. The van der Waals surface area contributed by atoms with Crippen molar-refractivity contribution in [2.24, 2.45) is 11.7 Å². The van der Waals surface area contributed by atoms with Crippen LogP contribution >= 0.6 is 0 Å². The monoisotopic (exact) mass is 457 g/mol. The Morgan fingerprint density at radius 2 is 1.33 bits per heavy atom. The number of phenols is 2. The first-order chi connectivity index (χ1) is 15.6. The molecule has 2 rings (SSSR count). The van der Waals surface area contributed by atoms with Crippen LogP contribution in [0.25, 0.3) is 0 Å². The third-order valence-corrected chi connectivity index (χ3v) is 5.51. The van der Waals surface area contributed by atoms with E-state index in [9.17, 15) is 29.7 Å². The van der Waals surface area contributed by atoms with E-state index in [1.165, 1.54) is 24.3 Å². The number of hydrogen-bond acceptors (Lipinski definition) is 6. The van der Waals surface area contributed by atoms with E-state index in [4.69, 9.17) is 5.73 Å². The molecule has 0 aromatic heterocycles. The predicted molar refractivity (Wildman–Crippen MR) is 123 cm³/mol. The first-order valence-corrected chi connectivity index (χ1v) is 10.8. The molecule has 0 bridgehead atoms. The summed E-state index contributed by atoms with van der Waals surface area (Å²) in [7, 11) is 0. The van der Waals surface area contributed by atoms with E-state index in [0.717, 1.165) is 5.56 Å². The number of nitrogens with two attached hydrogens (primary N) is 1. The number of aromatic hydroxyl groups is 2. The second kappa shape index (κ2) is 11.9. The fraction of sp³-hybridized carbons (Fsp3) is 0.375. The molecule has 0 saturated carbocycles. The zero-order valence-electron chi connectivity index (χ0n) is 18.7. The number of carbonyl (C=O) groups excluding carboxylic acids is 2. The molecular weight excluding hydrogens is 426 g/mol. The van der Waals surface area contributed by atoms with Crippen molar-refractivity contribution in [3.05, 3.63) is 59.7 Å². The van der Waals surface area contributed by atoms with Gasteiger partial charge in [0, 0.05) is 6.42 Å². The number of nitrogens with one attached hydrogen (secondary N) is 2. The second-order valence-corrected chi connectivity index (χ2v) is 8.12. The quantitative estimate of drug-likeness (QED) is 0.296. The average molecular weight is 458 g/mol. The summed E-state index contributed by atoms with van der Waals surface area (Å²) >= 11 is 0. The predicted octanol–water partition coefficient (Wildman–Crippen LogP) is 1.31. The number of phenolic OH excluding ortho intramolecular Hbond substituents is 2. The maximum Gasteiger partial charge on any atom is 0.326 e. The number of aliphatic carboxylic acids is 1. The molecule has 9 nitrogen and oxygen atoms in total. The van der Waals surface area contributed by atoms with Gasteiger partial charge >= 0.3 is 5.97 Å². The lowest BCUT2D eigenvalue weighted by molar-refractivity contribution is -0.143. The van der Waals surface area contributed by atoms with Crippen LogP contribution in [0.1, 0.15) is 31.4 Å². The summed E-state index contributed by atoms with van der Waals surface area (Å²) in [5, 5.41) is 33.6. The third-order valence-electron chi connectivity index (χ3n) is 5.51. The van der Waals surface area contributed by atoms with Crippen molar-refractivity contribution in [1.29, 1.82) is 0 Å². The van der Waals surface area contributed by atoms with Gasteiger partial charge < -0.3 is 31.7 Å². The van der Waals surface area contributed by atoms with Gasteiger partial charge in [-0.2, -0.15) is 0 Å². The molecule has 0 aliphatic carbocycles. The van der Waals surface area contributed by atoms with Gasteiger partial charge in [0.2, 0.25) is 11.8 Å². The van der Waals surface area contributed by atoms with Crippen molar-refractivity contribution in [3.63, 3.8) is 0 Å². The minimum Gasteiger partial charge on any atom is -0.508 e. The van der Waals surface area contributed by atoms with Gasteiger partial charge in [0.15, 0.2) is 0 Å². The van der Waals surface area contributed by atoms with Crippen LogP contribution in [0, 0.1) is 5.92 Å². The standard InChI is InChI=1S/C24H31N3O6/c1-3-14(2)21(24(32)33)27-23(31)20(13-16-6-10-18(29)11-7-16)26-22(30)19(25)12-15-4-8-17(28)9-5-15/h4-11,14,19-21,28-29H,3,12-13,25H2,1-2H3,(H,26,30)(H,27,31)(H,32,33). The molecular formula is C24H31N3O6. The van der Waals surface area contributed by atoms with Crippen LogP contribution in [0.5, 0.6) is 11.5 Å². The molecule has 0 aliphatic rings. The summed E-state index contributed by atoms with van der Waals surface area (Å²) in [4.78, 5) is 37.4. The molecule has 2 aromatic rings. The average Bonchev–Trinajstić information content (AvgIpc) is 2.78. The van der Waals surface area contributed by atoms with Gasteiger partial charge in [0.05, 0.1) is 6.04 Å². The summed E-state index contributed by atoms with van der Waals surface area (Å²) in [6.45, 7) is 3.55. The highest BCUT2D eigenvalue weighted by atomic mass is 16.4. The van der Waals surface area contributed by atoms with Crippen LogP contribution in [0.15, 0.2) is 48.5 Å². The van der Waals surface area contributed by atoms with Gasteiger partial charge in [-0.05, 0) is 47.7 Å². The van der Waals surface area contributed by atoms with Crippen LogP contribution in [0.3, 0.4) is 0 Å². The normalized spacial score (nSPS) is 14.5. The van der Waals surface area contributed by atoms with Crippen molar-refractivity contribution >= 4 is 17.8 Å². The number of amides is 2. The van der Waals surface area contributed by atoms with E-state index in [0.29, 0.717) is 12.0 Å². The molecule has 0 spiro atoms. The fourth-order valence-electron chi connectivity index (χ4n) is 3.27. The van der Waals surface area contributed by atoms with Crippen molar-refractivity contribution in [1.82, 2.24) is 10.6 Å². The largest absolute Gasteiger partial charge is 0.508 e. The summed E-state index contributed by atoms with van der Waals surface area (Å²) < 4.78 is 0. The van der Waals surface area contributed by atoms with Gasteiger partial charge in [-0.25, -0.2) is 4.79 Å². The van der Waals surface area contributed by atoms with Crippen LogP contribution in [-0.2, 0) is 27.2 Å². The number of carboxylic acids is 1. The molecule has 0 saturated heterocycles. The van der Waals surface area contributed by atoms with Gasteiger partial charge in [-0.15, -0.1) is 0 Å². The highest BCUT2D eigenvalue weighted by Gasteiger charge is 2.30. The van der Waals surface area contributed by atoms with Gasteiger partial charge in [-0.1, -0.05) is 44.5 Å². The molecule has 2 aromatic carbocycles. The minimum atomic E-state index is -1.16. The summed E-state index contributed by atoms with van der Waals surface area (Å²) in [5.41, 5.74) is 7.43. The first-order valence-electron chi connectivity index (χ1n) is 10.8. The van der Waals surface area contributed by atoms with E-state index in [1.54, 1.807) is 31.2 Å². The Morgan fingerprint density at radius 3 is 1.79 bits per heavy atom. The number of benzene rings is 2. The molecule has 9 heteroatoms. The number of rotatable bonds is 11. The fourth-order valence-corrected chi connectivity index (χ4v) is 3.27. The molecule has 7 N–H and O–H groups in total. The van der Waals surface area contributed by atoms with Crippen molar-refractivity contribution < 1.29 is 29.7 Å². The van der Waals surface area contributed by atoms with Crippen molar-refractivity contribution in [2.45, 2.75) is 51.2 Å². The molecule has 33 heavy (non-hydrogen) atoms. The summed E-state index contributed by atoms with van der Waals surface area (Å²) in [5.74, 6) is -2.53. The summed E-state index contributed by atoms with van der Waals surface area (Å²) in [6.07, 6.45) is 0.810. The van der Waals surface area contributed by atoms with Crippen LogP contribution in [0.2, 0.25) is 0 Å². The molecule has 0 fully saturated rings. The van der Waals surface area contributed by atoms with Crippen molar-refractivity contribution in [3.8, 4) is 11.5 Å². The van der Waals surface area contributed by atoms with E-state index in [2.05, 4.69) is 10.6 Å². The Hall–Kier alpha value is -3.59. The number of carbonyl (C=O) groups is 3. The highest BCUT2D eigenvalue weighted by molar-refractivity contribution is 5.92. The van der Waals surface area contributed by atoms with E-state index in [-0.39, 0.29) is 30.3 Å². The minimum absolute atomic E-state index is 0.0578. The van der Waals surface area contributed by atoms with Crippen LogP contribution in [-0.4, -0.2) is 51.2 Å². The van der Waals surface area contributed by atoms with Crippen LogP contribution in [0.4, 0.5) is 0 Å². The Morgan fingerprint density at radius 1 is 0.848 bits per heavy atom. The van der Waals surface area contributed by atoms with Gasteiger partial charge in [0.1, 0.15) is 23.6 Å². The Bertz CT molecular complexity index is 946. The Kier molecular flexibility index (Phi) is 9.23. The van der Waals surface area contributed by atoms with E-state index in [1.807, 2.05) is 6.92 Å². The smallest absolute Gasteiger partial charge is 0.326 e. The van der Waals surface area contributed by atoms with Crippen LogP contribution < -0.4 is 16.4 Å². The second-order valence-electron chi connectivity index (χ2n) is 8.12. The first kappa shape index (κ1) is 25.7. The molecule has 0 heterocycles. The number of hydrogen-bond donors (Lipinski definition) is 6. The summed E-state index contributed by atoms with van der Waals surface area (Å²) in [6, 6.07) is 9.27. The molecule has 0 radical (unpaired) electrons. The topological polar surface area (TPSA) is 162 Å². The Balaban J connectivity index is 2.17. The molecule has 4 unspecified atom stereocenters. The Labute approximate surface area is 192 Å². The lowest BCUT2D eigenvalue weighted by Crippen LogP contribution is -2.56. The van der Waals surface area contributed by atoms with Gasteiger partial charge in [-0.3, -0.25) is 9.59 Å². The molecule has 2 amide bonds. The molecule has 178 valence electrons. The number of carboxylic acid groups (broad SMARTS) is 1. The highest BCUT2D eigenvalue weighted by Crippen LogP contribution is 2.14.